The molecule has 0 spiro atoms. The quantitative estimate of drug-likeness (QED) is 0.697. The Morgan fingerprint density at radius 1 is 0.591 bits per heavy atom. The Morgan fingerprint density at radius 2 is 1.00 bits per heavy atom. The van der Waals surface area contributed by atoms with Gasteiger partial charge in [0.15, 0.2) is 11.6 Å². The molecule has 0 amide bonds. The molecular weight excluding hydrogens is 270 g/mol. The molecule has 3 heteroatoms. The number of benzene rings is 2. The molecule has 0 aliphatic carbocycles. The van der Waals surface area contributed by atoms with Gasteiger partial charge in [0.25, 0.3) is 0 Å². The van der Waals surface area contributed by atoms with Crippen molar-refractivity contribution in [2.24, 2.45) is 0 Å². The van der Waals surface area contributed by atoms with Crippen LogP contribution in [0.4, 0.5) is 0 Å². The molecule has 0 saturated carbocycles. The van der Waals surface area contributed by atoms with E-state index in [4.69, 9.17) is 0 Å². The summed E-state index contributed by atoms with van der Waals surface area (Å²) in [5.41, 5.74) is 1.89. The highest BCUT2D eigenvalue weighted by molar-refractivity contribution is 5.60. The Balaban J connectivity index is 2.19. The van der Waals surface area contributed by atoms with Crippen molar-refractivity contribution in [1.29, 1.82) is 0 Å². The van der Waals surface area contributed by atoms with Gasteiger partial charge in [0.1, 0.15) is 5.82 Å². The maximum Gasteiger partial charge on any atom is 0.163 e. The Labute approximate surface area is 131 Å². The summed E-state index contributed by atoms with van der Waals surface area (Å²) in [7, 11) is 0. The van der Waals surface area contributed by atoms with Crippen LogP contribution in [0.15, 0.2) is 60.7 Å². The normalized spacial score (nSPS) is 11.4. The van der Waals surface area contributed by atoms with Gasteiger partial charge in [-0.25, -0.2) is 15.0 Å². The fourth-order valence-electron chi connectivity index (χ4n) is 2.14. The van der Waals surface area contributed by atoms with Crippen molar-refractivity contribution in [3.05, 3.63) is 66.5 Å². The summed E-state index contributed by atoms with van der Waals surface area (Å²) in [4.78, 5) is 14.0. The van der Waals surface area contributed by atoms with Crippen LogP contribution in [-0.2, 0) is 5.41 Å². The van der Waals surface area contributed by atoms with Gasteiger partial charge in [0.05, 0.1) is 0 Å². The number of nitrogens with zero attached hydrogens (tertiary/aromatic N) is 3. The molecule has 1 heterocycles. The van der Waals surface area contributed by atoms with Crippen molar-refractivity contribution in [3.63, 3.8) is 0 Å². The molecular formula is C19H19N3. The molecule has 3 aromatic rings. The second kappa shape index (κ2) is 5.68. The minimum absolute atomic E-state index is 0.129. The number of aromatic nitrogens is 3. The molecule has 110 valence electrons. The van der Waals surface area contributed by atoms with Crippen LogP contribution >= 0.6 is 0 Å². The van der Waals surface area contributed by atoms with Gasteiger partial charge < -0.3 is 0 Å². The Bertz CT molecular complexity index is 702. The Hall–Kier alpha value is -2.55. The largest absolute Gasteiger partial charge is 0.212 e. The molecule has 0 atom stereocenters. The maximum atomic E-state index is 4.68. The number of hydrogen-bond donors (Lipinski definition) is 0. The lowest BCUT2D eigenvalue weighted by Crippen LogP contribution is -2.18. The van der Waals surface area contributed by atoms with Gasteiger partial charge in [-0.05, 0) is 0 Å². The van der Waals surface area contributed by atoms with Crippen molar-refractivity contribution in [3.8, 4) is 22.8 Å². The van der Waals surface area contributed by atoms with Crippen LogP contribution in [0.1, 0.15) is 26.6 Å². The molecule has 3 nitrogen and oxygen atoms in total. The average Bonchev–Trinajstić information content (AvgIpc) is 2.55. The van der Waals surface area contributed by atoms with Gasteiger partial charge in [-0.2, -0.15) is 0 Å². The minimum atomic E-state index is -0.129. The third-order valence-corrected chi connectivity index (χ3v) is 3.37. The molecule has 22 heavy (non-hydrogen) atoms. The summed E-state index contributed by atoms with van der Waals surface area (Å²) < 4.78 is 0. The van der Waals surface area contributed by atoms with Gasteiger partial charge in [-0.1, -0.05) is 81.4 Å². The van der Waals surface area contributed by atoms with E-state index < -0.39 is 0 Å². The van der Waals surface area contributed by atoms with E-state index in [0.717, 1.165) is 28.6 Å². The van der Waals surface area contributed by atoms with Crippen molar-refractivity contribution in [2.75, 3.05) is 0 Å². The van der Waals surface area contributed by atoms with Crippen LogP contribution in [0, 0.1) is 0 Å². The van der Waals surface area contributed by atoms with Gasteiger partial charge in [-0.15, -0.1) is 0 Å². The molecule has 0 radical (unpaired) electrons. The highest BCUT2D eigenvalue weighted by atomic mass is 15.0. The fraction of sp³-hybridized carbons (Fsp3) is 0.211. The lowest BCUT2D eigenvalue weighted by molar-refractivity contribution is 0.543. The smallest absolute Gasteiger partial charge is 0.163 e. The van der Waals surface area contributed by atoms with Crippen LogP contribution in [0.25, 0.3) is 22.8 Å². The molecule has 0 fully saturated rings. The molecule has 3 rings (SSSR count). The van der Waals surface area contributed by atoms with Crippen LogP contribution in [-0.4, -0.2) is 15.0 Å². The predicted molar refractivity (Wildman–Crippen MR) is 89.4 cm³/mol. The first-order valence-corrected chi connectivity index (χ1v) is 7.41. The molecule has 0 N–H and O–H groups in total. The number of rotatable bonds is 2. The van der Waals surface area contributed by atoms with Crippen LogP contribution in [0.2, 0.25) is 0 Å². The van der Waals surface area contributed by atoms with E-state index in [-0.39, 0.29) is 5.41 Å². The van der Waals surface area contributed by atoms with Gasteiger partial charge in [0.2, 0.25) is 0 Å². The van der Waals surface area contributed by atoms with Crippen LogP contribution < -0.4 is 0 Å². The van der Waals surface area contributed by atoms with Crippen LogP contribution in [0.3, 0.4) is 0 Å². The zero-order valence-electron chi connectivity index (χ0n) is 13.1. The second-order valence-electron chi connectivity index (χ2n) is 6.29. The summed E-state index contributed by atoms with van der Waals surface area (Å²) in [5.74, 6) is 2.25. The molecule has 0 bridgehead atoms. The summed E-state index contributed by atoms with van der Waals surface area (Å²) in [6.45, 7) is 6.35. The molecule has 0 saturated heterocycles. The maximum absolute atomic E-state index is 4.68. The van der Waals surface area contributed by atoms with E-state index in [0.29, 0.717) is 0 Å². The standard InChI is InChI=1S/C19H19N3/c1-19(2,3)18-21-16(14-10-6-4-7-11-14)20-17(22-18)15-12-8-5-9-13-15/h4-13H,1-3H3. The predicted octanol–water partition coefficient (Wildman–Crippen LogP) is 4.50. The summed E-state index contributed by atoms with van der Waals surface area (Å²) >= 11 is 0. The van der Waals surface area contributed by atoms with Gasteiger partial charge >= 0.3 is 0 Å². The van der Waals surface area contributed by atoms with Crippen molar-refractivity contribution >= 4 is 0 Å². The highest BCUT2D eigenvalue weighted by Crippen LogP contribution is 2.25. The highest BCUT2D eigenvalue weighted by Gasteiger charge is 2.20. The third-order valence-electron chi connectivity index (χ3n) is 3.37. The summed E-state index contributed by atoms with van der Waals surface area (Å²) in [5, 5.41) is 0. The van der Waals surface area contributed by atoms with Gasteiger partial charge in [0, 0.05) is 16.5 Å². The lowest BCUT2D eigenvalue weighted by Gasteiger charge is -2.18. The fourth-order valence-corrected chi connectivity index (χ4v) is 2.14. The van der Waals surface area contributed by atoms with E-state index in [9.17, 15) is 0 Å². The van der Waals surface area contributed by atoms with E-state index in [2.05, 4.69) is 35.7 Å². The first-order chi connectivity index (χ1) is 10.5. The molecule has 0 aliphatic heterocycles. The first-order valence-electron chi connectivity index (χ1n) is 7.41. The molecule has 0 unspecified atom stereocenters. The number of hydrogen-bond acceptors (Lipinski definition) is 3. The first kappa shape index (κ1) is 14.4. The summed E-state index contributed by atoms with van der Waals surface area (Å²) in [6.07, 6.45) is 0. The zero-order valence-corrected chi connectivity index (χ0v) is 13.1. The van der Waals surface area contributed by atoms with E-state index in [1.54, 1.807) is 0 Å². The second-order valence-corrected chi connectivity index (χ2v) is 6.29. The Morgan fingerprint density at radius 3 is 1.36 bits per heavy atom. The average molecular weight is 289 g/mol. The summed E-state index contributed by atoms with van der Waals surface area (Å²) in [6, 6.07) is 20.1. The SMILES string of the molecule is CC(C)(C)c1nc(-c2ccccc2)nc(-c2ccccc2)n1. The van der Waals surface area contributed by atoms with Gasteiger partial charge in [-0.3, -0.25) is 0 Å². The van der Waals surface area contributed by atoms with Crippen LogP contribution in [0.5, 0.6) is 0 Å². The van der Waals surface area contributed by atoms with Crippen molar-refractivity contribution in [2.45, 2.75) is 26.2 Å². The molecule has 0 aliphatic rings. The minimum Gasteiger partial charge on any atom is -0.212 e. The van der Waals surface area contributed by atoms with Crippen molar-refractivity contribution < 1.29 is 0 Å². The Kier molecular flexibility index (Phi) is 3.72. The van der Waals surface area contributed by atoms with E-state index in [1.807, 2.05) is 60.7 Å². The third kappa shape index (κ3) is 3.03. The topological polar surface area (TPSA) is 38.7 Å². The molecule has 2 aromatic carbocycles. The lowest BCUT2D eigenvalue weighted by atomic mass is 9.95. The van der Waals surface area contributed by atoms with Crippen molar-refractivity contribution in [1.82, 2.24) is 15.0 Å². The molecule has 1 aromatic heterocycles. The van der Waals surface area contributed by atoms with E-state index >= 15 is 0 Å². The monoisotopic (exact) mass is 289 g/mol. The zero-order chi connectivity index (χ0) is 15.6. The van der Waals surface area contributed by atoms with E-state index in [1.165, 1.54) is 0 Å².